The van der Waals surface area contributed by atoms with E-state index in [0.717, 1.165) is 0 Å². The molecule has 0 nitrogen and oxygen atoms in total. The molecule has 0 aromatic heterocycles. The average molecular weight is 181 g/mol. The summed E-state index contributed by atoms with van der Waals surface area (Å²) in [5, 5.41) is 0. The van der Waals surface area contributed by atoms with E-state index in [0.29, 0.717) is 0 Å². The van der Waals surface area contributed by atoms with Crippen LogP contribution >= 0.6 is 24.8 Å². The van der Waals surface area contributed by atoms with Crippen molar-refractivity contribution in [1.82, 2.24) is 0 Å². The number of rotatable bonds is 0. The molecule has 0 aromatic carbocycles. The number of hydrogen-bond donors (Lipinski definition) is 0. The summed E-state index contributed by atoms with van der Waals surface area (Å²) < 4.78 is 0. The maximum absolute atomic E-state index is 0. The smallest absolute Gasteiger partial charge is 1.00 e. The van der Waals surface area contributed by atoms with Gasteiger partial charge in [-0.1, -0.05) is 0 Å². The molecule has 0 fully saturated rings. The zero-order chi connectivity index (χ0) is 0. The summed E-state index contributed by atoms with van der Waals surface area (Å²) in [6.07, 6.45) is 0. The van der Waals surface area contributed by atoms with Crippen LogP contribution in [0.25, 0.3) is 0 Å². The Balaban J connectivity index is 0. The summed E-state index contributed by atoms with van der Waals surface area (Å²) >= 11 is 0. The predicted molar refractivity (Wildman–Crippen MR) is 31.6 cm³/mol. The minimum absolute atomic E-state index is 0. The van der Waals surface area contributed by atoms with Gasteiger partial charge in [0.15, 0.2) is 0 Å². The monoisotopic (exact) mass is 180 g/mol. The first-order chi connectivity index (χ1) is 0. The van der Waals surface area contributed by atoms with Crippen LogP contribution in [0.15, 0.2) is 0 Å². The fourth-order valence-corrected chi connectivity index (χ4v) is 0. The number of hydrogen-bond acceptors (Lipinski definition) is 0. The second-order valence-electron chi connectivity index (χ2n) is 0. The van der Waals surface area contributed by atoms with Crippen molar-refractivity contribution in [3.63, 3.8) is 0 Å². The van der Waals surface area contributed by atoms with E-state index in [4.69, 9.17) is 0 Å². The predicted octanol–water partition coefficient (Wildman–Crippen LogP) is -2.35. The quantitative estimate of drug-likeness (QED) is 0.367. The molecule has 0 N–H and O–H groups in total. The average Bonchev–Trinajstić information content (AvgIpc) is 0. The SMILES string of the molecule is Cl.Cl.[Ca+2].[H-].[H-].[H-].[H-].[H-].[K+].[Mg+2]. The molecular formula is H7CaCl2KMg. The van der Waals surface area contributed by atoms with Crippen molar-refractivity contribution in [2.24, 2.45) is 0 Å². The first kappa shape index (κ1) is 34.9. The molecule has 0 amide bonds. The molecule has 0 atom stereocenters. The van der Waals surface area contributed by atoms with E-state index in [1.54, 1.807) is 0 Å². The molecule has 0 bridgehead atoms. The summed E-state index contributed by atoms with van der Waals surface area (Å²) in [4.78, 5) is 0. The Labute approximate surface area is 140 Å². The summed E-state index contributed by atoms with van der Waals surface area (Å²) in [6.45, 7) is 0. The van der Waals surface area contributed by atoms with Crippen molar-refractivity contribution >= 4 is 85.6 Å². The maximum atomic E-state index is 0. The van der Waals surface area contributed by atoms with Gasteiger partial charge in [-0.3, -0.25) is 0 Å². The van der Waals surface area contributed by atoms with E-state index in [2.05, 4.69) is 0 Å². The molecule has 0 unspecified atom stereocenters. The van der Waals surface area contributed by atoms with E-state index in [9.17, 15) is 0 Å². The van der Waals surface area contributed by atoms with Gasteiger partial charge in [0.1, 0.15) is 0 Å². The molecule has 0 aliphatic carbocycles. The minimum Gasteiger partial charge on any atom is -1.00 e. The van der Waals surface area contributed by atoms with Gasteiger partial charge in [0.25, 0.3) is 0 Å². The van der Waals surface area contributed by atoms with Gasteiger partial charge in [-0.2, -0.15) is 0 Å². The fraction of sp³-hybridized carbons (Fsp3) is 0. The Morgan fingerprint density at radius 2 is 1.00 bits per heavy atom. The largest absolute Gasteiger partial charge is 2.00 e. The zero-order valence-corrected chi connectivity index (χ0v) is 11.6. The van der Waals surface area contributed by atoms with E-state index >= 15 is 0 Å². The topological polar surface area (TPSA) is 0 Å². The van der Waals surface area contributed by atoms with Gasteiger partial charge >= 0.3 is 112 Å². The van der Waals surface area contributed by atoms with Crippen LogP contribution < -0.4 is 51.4 Å². The van der Waals surface area contributed by atoms with Crippen LogP contribution in [0.1, 0.15) is 7.13 Å². The van der Waals surface area contributed by atoms with Gasteiger partial charge in [0, 0.05) is 0 Å². The van der Waals surface area contributed by atoms with E-state index in [1.165, 1.54) is 0 Å². The molecular weight excluding hydrogens is 174 g/mol. The second kappa shape index (κ2) is 24.0. The van der Waals surface area contributed by atoms with Crippen LogP contribution in [0.4, 0.5) is 0 Å². The van der Waals surface area contributed by atoms with Crippen LogP contribution in [0, 0.1) is 0 Å². The van der Waals surface area contributed by atoms with Crippen molar-refractivity contribution in [3.05, 3.63) is 0 Å². The molecule has 0 heterocycles. The van der Waals surface area contributed by atoms with Crippen LogP contribution in [0.2, 0.25) is 0 Å². The van der Waals surface area contributed by atoms with E-state index in [-0.39, 0.29) is 144 Å². The standard InChI is InChI=1S/Ca.2ClH.K.Mg.5H/h;2*1H;;;;;;;/q+2;;;+1;+2;5*-1. The number of halogens is 2. The Morgan fingerprint density at radius 3 is 1.00 bits per heavy atom. The van der Waals surface area contributed by atoms with Gasteiger partial charge in [-0.05, 0) is 0 Å². The zero-order valence-electron chi connectivity index (χ0n) is 8.23. The Bertz CT molecular complexity index is 19.6. The van der Waals surface area contributed by atoms with Crippen molar-refractivity contribution in [2.45, 2.75) is 0 Å². The third-order valence-corrected chi connectivity index (χ3v) is 0. The second-order valence-corrected chi connectivity index (χ2v) is 0. The Hall–Kier alpha value is 4.24. The van der Waals surface area contributed by atoms with Crippen molar-refractivity contribution in [3.8, 4) is 0 Å². The van der Waals surface area contributed by atoms with Crippen molar-refractivity contribution in [1.29, 1.82) is 0 Å². The van der Waals surface area contributed by atoms with Crippen molar-refractivity contribution < 1.29 is 58.5 Å². The third kappa shape index (κ3) is 17.8. The molecule has 0 aromatic rings. The molecule has 5 heteroatoms. The van der Waals surface area contributed by atoms with Gasteiger partial charge in [-0.25, -0.2) is 0 Å². The van der Waals surface area contributed by atoms with Gasteiger partial charge in [0.05, 0.1) is 0 Å². The van der Waals surface area contributed by atoms with Crippen LogP contribution in [-0.4, -0.2) is 60.8 Å². The van der Waals surface area contributed by atoms with Crippen LogP contribution in [-0.2, 0) is 0 Å². The molecule has 0 saturated heterocycles. The normalized spacial score (nSPS) is 0. The summed E-state index contributed by atoms with van der Waals surface area (Å²) in [7, 11) is 0. The van der Waals surface area contributed by atoms with Gasteiger partial charge < -0.3 is 7.13 Å². The van der Waals surface area contributed by atoms with Crippen molar-refractivity contribution in [2.75, 3.05) is 0 Å². The Morgan fingerprint density at radius 1 is 1.00 bits per heavy atom. The molecule has 5 heavy (non-hydrogen) atoms. The summed E-state index contributed by atoms with van der Waals surface area (Å²) in [5.41, 5.74) is 0. The molecule has 0 spiro atoms. The summed E-state index contributed by atoms with van der Waals surface area (Å²) in [6, 6.07) is 0. The molecule has 0 aliphatic rings. The molecule has 26 valence electrons. The fourth-order valence-electron chi connectivity index (χ4n) is 0. The third-order valence-electron chi connectivity index (χ3n) is 0. The van der Waals surface area contributed by atoms with Crippen LogP contribution in [0.3, 0.4) is 0 Å². The summed E-state index contributed by atoms with van der Waals surface area (Å²) in [5.74, 6) is 0. The van der Waals surface area contributed by atoms with Gasteiger partial charge in [-0.15, -0.1) is 24.8 Å². The molecule has 0 saturated carbocycles. The van der Waals surface area contributed by atoms with E-state index < -0.39 is 0 Å². The van der Waals surface area contributed by atoms with Crippen LogP contribution in [0.5, 0.6) is 0 Å². The first-order valence-electron chi connectivity index (χ1n) is 0. The maximum Gasteiger partial charge on any atom is 2.00 e. The molecule has 0 aliphatic heterocycles. The molecule has 0 radical (unpaired) electrons. The Kier molecular flexibility index (Phi) is 168. The first-order valence-corrected chi connectivity index (χ1v) is 0. The molecule has 0 rings (SSSR count). The van der Waals surface area contributed by atoms with Gasteiger partial charge in [0.2, 0.25) is 0 Å². The minimum atomic E-state index is 0. The van der Waals surface area contributed by atoms with E-state index in [1.807, 2.05) is 0 Å².